The van der Waals surface area contributed by atoms with E-state index in [9.17, 15) is 0 Å². The number of likely N-dealkylation sites (tertiary alicyclic amines) is 1. The van der Waals surface area contributed by atoms with E-state index in [1.54, 1.807) is 0 Å². The van der Waals surface area contributed by atoms with Gasteiger partial charge in [0.25, 0.3) is 0 Å². The molecule has 1 fully saturated rings. The summed E-state index contributed by atoms with van der Waals surface area (Å²) in [7, 11) is 0. The Labute approximate surface area is 94.0 Å². The van der Waals surface area contributed by atoms with Crippen LogP contribution in [0.5, 0.6) is 0 Å². The van der Waals surface area contributed by atoms with Gasteiger partial charge in [-0.25, -0.2) is 0 Å². The molecule has 0 aromatic heterocycles. The lowest BCUT2D eigenvalue weighted by Crippen LogP contribution is -2.45. The van der Waals surface area contributed by atoms with Crippen molar-refractivity contribution in [2.45, 2.75) is 51.6 Å². The topological polar surface area (TPSA) is 38.5 Å². The molecule has 0 aliphatic carbocycles. The van der Waals surface area contributed by atoms with Crippen LogP contribution in [0.1, 0.15) is 39.5 Å². The number of rotatable bonds is 6. The summed E-state index contributed by atoms with van der Waals surface area (Å²) in [6.45, 7) is 8.41. The van der Waals surface area contributed by atoms with Crippen molar-refractivity contribution in [2.24, 2.45) is 5.73 Å². The second-order valence-corrected chi connectivity index (χ2v) is 4.42. The Morgan fingerprint density at radius 2 is 2.00 bits per heavy atom. The lowest BCUT2D eigenvalue weighted by Gasteiger charge is -2.36. The van der Waals surface area contributed by atoms with E-state index >= 15 is 0 Å². The number of nitrogens with two attached hydrogens (primary N) is 1. The Balaban J connectivity index is 2.24. The van der Waals surface area contributed by atoms with Crippen LogP contribution in [0.2, 0.25) is 0 Å². The maximum absolute atomic E-state index is 5.91. The second kappa shape index (κ2) is 7.20. The zero-order chi connectivity index (χ0) is 11.1. The van der Waals surface area contributed by atoms with Crippen molar-refractivity contribution in [3.63, 3.8) is 0 Å². The molecule has 1 atom stereocenters. The van der Waals surface area contributed by atoms with Crippen molar-refractivity contribution < 1.29 is 4.74 Å². The van der Waals surface area contributed by atoms with Crippen LogP contribution in [0.4, 0.5) is 0 Å². The van der Waals surface area contributed by atoms with E-state index in [4.69, 9.17) is 10.5 Å². The van der Waals surface area contributed by atoms with Crippen LogP contribution in [0.3, 0.4) is 0 Å². The summed E-state index contributed by atoms with van der Waals surface area (Å²) >= 11 is 0. The van der Waals surface area contributed by atoms with E-state index < -0.39 is 0 Å². The van der Waals surface area contributed by atoms with Gasteiger partial charge in [0.2, 0.25) is 0 Å². The molecule has 0 aromatic rings. The lowest BCUT2D eigenvalue weighted by atomic mass is 10.0. The van der Waals surface area contributed by atoms with E-state index in [1.165, 1.54) is 25.9 Å². The van der Waals surface area contributed by atoms with E-state index in [0.29, 0.717) is 12.1 Å². The summed E-state index contributed by atoms with van der Waals surface area (Å²) in [4.78, 5) is 2.59. The highest BCUT2D eigenvalue weighted by molar-refractivity contribution is 4.79. The van der Waals surface area contributed by atoms with Gasteiger partial charge in [-0.1, -0.05) is 6.92 Å². The molecule has 15 heavy (non-hydrogen) atoms. The molecule has 1 saturated heterocycles. The van der Waals surface area contributed by atoms with Gasteiger partial charge in [-0.15, -0.1) is 0 Å². The van der Waals surface area contributed by atoms with E-state index in [-0.39, 0.29) is 0 Å². The normalized spacial score (nSPS) is 21.8. The van der Waals surface area contributed by atoms with Gasteiger partial charge >= 0.3 is 0 Å². The van der Waals surface area contributed by atoms with Crippen LogP contribution < -0.4 is 5.73 Å². The summed E-state index contributed by atoms with van der Waals surface area (Å²) in [5.74, 6) is 0. The quantitative estimate of drug-likeness (QED) is 0.683. The zero-order valence-corrected chi connectivity index (χ0v) is 10.2. The highest BCUT2D eigenvalue weighted by Gasteiger charge is 2.21. The van der Waals surface area contributed by atoms with Gasteiger partial charge in [-0.2, -0.15) is 0 Å². The molecule has 0 amide bonds. The van der Waals surface area contributed by atoms with Crippen molar-refractivity contribution in [3.05, 3.63) is 0 Å². The molecular weight excluding hydrogens is 188 g/mol. The first-order chi connectivity index (χ1) is 7.27. The first-order valence-corrected chi connectivity index (χ1v) is 6.35. The fourth-order valence-electron chi connectivity index (χ4n) is 2.29. The third-order valence-electron chi connectivity index (χ3n) is 3.36. The number of nitrogens with zero attached hydrogens (tertiary/aromatic N) is 1. The SMILES string of the molecule is CCOCCC(CC)N1CCC(N)CC1. The number of ether oxygens (including phenoxy) is 1. The van der Waals surface area contributed by atoms with Gasteiger partial charge in [0.1, 0.15) is 0 Å². The lowest BCUT2D eigenvalue weighted by molar-refractivity contribution is 0.0898. The maximum atomic E-state index is 5.91. The highest BCUT2D eigenvalue weighted by atomic mass is 16.5. The van der Waals surface area contributed by atoms with Gasteiger partial charge in [-0.3, -0.25) is 0 Å². The minimum Gasteiger partial charge on any atom is -0.382 e. The first kappa shape index (κ1) is 12.9. The van der Waals surface area contributed by atoms with Crippen LogP contribution in [-0.2, 0) is 4.74 Å². The van der Waals surface area contributed by atoms with Crippen molar-refractivity contribution >= 4 is 0 Å². The van der Waals surface area contributed by atoms with Gasteiger partial charge in [0, 0.05) is 25.3 Å². The summed E-state index contributed by atoms with van der Waals surface area (Å²) in [6.07, 6.45) is 4.71. The molecule has 0 saturated carbocycles. The maximum Gasteiger partial charge on any atom is 0.0480 e. The monoisotopic (exact) mass is 214 g/mol. The zero-order valence-electron chi connectivity index (χ0n) is 10.2. The van der Waals surface area contributed by atoms with Crippen molar-refractivity contribution in [1.82, 2.24) is 4.90 Å². The van der Waals surface area contributed by atoms with Crippen molar-refractivity contribution in [1.29, 1.82) is 0 Å². The predicted octanol–water partition coefficient (Wildman–Crippen LogP) is 1.61. The number of hydrogen-bond acceptors (Lipinski definition) is 3. The molecule has 2 N–H and O–H groups in total. The Morgan fingerprint density at radius 1 is 1.33 bits per heavy atom. The van der Waals surface area contributed by atoms with Crippen LogP contribution in [0, 0.1) is 0 Å². The number of piperidine rings is 1. The molecule has 0 radical (unpaired) electrons. The highest BCUT2D eigenvalue weighted by Crippen LogP contribution is 2.16. The Bertz CT molecular complexity index is 156. The van der Waals surface area contributed by atoms with Gasteiger partial charge in [0.15, 0.2) is 0 Å². The molecule has 1 aliphatic rings. The molecule has 0 spiro atoms. The summed E-state index contributed by atoms with van der Waals surface area (Å²) < 4.78 is 5.43. The van der Waals surface area contributed by atoms with Crippen LogP contribution >= 0.6 is 0 Å². The van der Waals surface area contributed by atoms with Crippen molar-refractivity contribution in [2.75, 3.05) is 26.3 Å². The first-order valence-electron chi connectivity index (χ1n) is 6.35. The predicted molar refractivity (Wildman–Crippen MR) is 64.0 cm³/mol. The molecule has 0 aromatic carbocycles. The summed E-state index contributed by atoms with van der Waals surface area (Å²) in [6, 6.07) is 1.13. The van der Waals surface area contributed by atoms with E-state index in [2.05, 4.69) is 18.7 Å². The fourth-order valence-corrected chi connectivity index (χ4v) is 2.29. The van der Waals surface area contributed by atoms with Crippen LogP contribution in [-0.4, -0.2) is 43.3 Å². The smallest absolute Gasteiger partial charge is 0.0480 e. The summed E-state index contributed by atoms with van der Waals surface area (Å²) in [5.41, 5.74) is 5.91. The van der Waals surface area contributed by atoms with E-state index in [0.717, 1.165) is 26.1 Å². The minimum atomic E-state index is 0.436. The van der Waals surface area contributed by atoms with Crippen molar-refractivity contribution in [3.8, 4) is 0 Å². The standard InChI is InChI=1S/C12H26N2O/c1-3-12(7-10-15-4-2)14-8-5-11(13)6-9-14/h11-12H,3-10,13H2,1-2H3. The van der Waals surface area contributed by atoms with Gasteiger partial charge in [-0.05, 0) is 45.7 Å². The molecule has 90 valence electrons. The largest absolute Gasteiger partial charge is 0.382 e. The Morgan fingerprint density at radius 3 is 2.53 bits per heavy atom. The molecule has 3 heteroatoms. The fraction of sp³-hybridized carbons (Fsp3) is 1.00. The average molecular weight is 214 g/mol. The van der Waals surface area contributed by atoms with Gasteiger partial charge < -0.3 is 15.4 Å². The van der Waals surface area contributed by atoms with Crippen LogP contribution in [0.25, 0.3) is 0 Å². The molecule has 3 nitrogen and oxygen atoms in total. The minimum absolute atomic E-state index is 0.436. The second-order valence-electron chi connectivity index (χ2n) is 4.42. The van der Waals surface area contributed by atoms with Gasteiger partial charge in [0.05, 0.1) is 0 Å². The summed E-state index contributed by atoms with van der Waals surface area (Å²) in [5, 5.41) is 0. The number of hydrogen-bond donors (Lipinski definition) is 1. The Hall–Kier alpha value is -0.120. The molecular formula is C12H26N2O. The molecule has 1 aliphatic heterocycles. The molecule has 1 heterocycles. The van der Waals surface area contributed by atoms with E-state index in [1.807, 2.05) is 0 Å². The third kappa shape index (κ3) is 4.49. The molecule has 0 bridgehead atoms. The molecule has 1 rings (SSSR count). The third-order valence-corrected chi connectivity index (χ3v) is 3.36. The average Bonchev–Trinajstić information content (AvgIpc) is 2.26. The van der Waals surface area contributed by atoms with Crippen LogP contribution in [0.15, 0.2) is 0 Å². The molecule has 1 unspecified atom stereocenters. The Kier molecular flexibility index (Phi) is 6.22.